The van der Waals surface area contributed by atoms with E-state index < -0.39 is 10.8 Å². The molecular weight excluding hydrogens is 256 g/mol. The molecule has 0 bridgehead atoms. The zero-order valence-corrected chi connectivity index (χ0v) is 11.1. The molecule has 1 fully saturated rings. The maximum absolute atomic E-state index is 12.0. The highest BCUT2D eigenvalue weighted by Gasteiger charge is 2.24. The number of hydrogen-bond acceptors (Lipinski definition) is 2. The number of halogens is 1. The molecule has 0 aliphatic heterocycles. The Morgan fingerprint density at radius 3 is 2.76 bits per heavy atom. The van der Waals surface area contributed by atoms with E-state index in [1.165, 1.54) is 0 Å². The normalized spacial score (nSPS) is 21.7. The van der Waals surface area contributed by atoms with Crippen LogP contribution >= 0.6 is 11.6 Å². The van der Waals surface area contributed by atoms with Crippen LogP contribution < -0.4 is 0 Å². The van der Waals surface area contributed by atoms with Crippen molar-refractivity contribution in [3.63, 3.8) is 0 Å². The maximum Gasteiger partial charge on any atom is 0.136 e. The number of benzene rings is 1. The first-order valence-corrected chi connectivity index (χ1v) is 7.54. The molecule has 1 aliphatic rings. The van der Waals surface area contributed by atoms with Gasteiger partial charge in [0.25, 0.3) is 0 Å². The van der Waals surface area contributed by atoms with Crippen molar-refractivity contribution in [1.82, 2.24) is 0 Å². The molecule has 1 saturated carbocycles. The van der Waals surface area contributed by atoms with E-state index in [4.69, 9.17) is 11.6 Å². The van der Waals surface area contributed by atoms with Gasteiger partial charge in [-0.1, -0.05) is 23.7 Å². The third-order valence-corrected chi connectivity index (χ3v) is 5.06. The van der Waals surface area contributed by atoms with Crippen LogP contribution in [-0.2, 0) is 15.6 Å². The molecule has 4 heteroatoms. The van der Waals surface area contributed by atoms with Gasteiger partial charge >= 0.3 is 0 Å². The van der Waals surface area contributed by atoms with Crippen LogP contribution in [0, 0.1) is 5.92 Å². The second-order valence-electron chi connectivity index (χ2n) is 4.32. The zero-order chi connectivity index (χ0) is 12.3. The molecule has 1 aromatic carbocycles. The van der Waals surface area contributed by atoms with Crippen molar-refractivity contribution in [1.29, 1.82) is 0 Å². The molecule has 17 heavy (non-hydrogen) atoms. The van der Waals surface area contributed by atoms with E-state index in [0.717, 1.165) is 19.3 Å². The molecule has 2 unspecified atom stereocenters. The predicted molar refractivity (Wildman–Crippen MR) is 69.7 cm³/mol. The summed E-state index contributed by atoms with van der Waals surface area (Å²) in [4.78, 5) is 12.1. The van der Waals surface area contributed by atoms with Gasteiger partial charge < -0.3 is 0 Å². The van der Waals surface area contributed by atoms with Crippen molar-refractivity contribution in [3.05, 3.63) is 29.3 Å². The summed E-state index contributed by atoms with van der Waals surface area (Å²) in [5, 5.41) is 0.545. The summed E-state index contributed by atoms with van der Waals surface area (Å²) in [6.07, 6.45) is 3.36. The summed E-state index contributed by atoms with van der Waals surface area (Å²) in [7, 11) is -1.09. The Balaban J connectivity index is 1.94. The van der Waals surface area contributed by atoms with Crippen molar-refractivity contribution in [3.8, 4) is 0 Å². The van der Waals surface area contributed by atoms with Gasteiger partial charge in [-0.3, -0.25) is 9.00 Å². The maximum atomic E-state index is 12.0. The van der Waals surface area contributed by atoms with Crippen molar-refractivity contribution in [2.45, 2.75) is 30.6 Å². The molecule has 2 rings (SSSR count). The van der Waals surface area contributed by atoms with Crippen LogP contribution in [0.4, 0.5) is 0 Å². The smallest absolute Gasteiger partial charge is 0.136 e. The minimum absolute atomic E-state index is 0.126. The Labute approximate surface area is 109 Å². The SMILES string of the molecule is O=C1CCCC1CCS(=O)c1ccccc1Cl. The van der Waals surface area contributed by atoms with E-state index in [1.807, 2.05) is 12.1 Å². The van der Waals surface area contributed by atoms with Crippen LogP contribution in [0.5, 0.6) is 0 Å². The first kappa shape index (κ1) is 12.8. The highest BCUT2D eigenvalue weighted by atomic mass is 35.5. The lowest BCUT2D eigenvalue weighted by Gasteiger charge is -2.08. The molecule has 0 saturated heterocycles. The molecule has 2 atom stereocenters. The quantitative estimate of drug-likeness (QED) is 0.842. The standard InChI is InChI=1S/C13H15ClO2S/c14-11-5-1-2-7-13(11)17(16)9-8-10-4-3-6-12(10)15/h1-2,5,7,10H,3-4,6,8-9H2. The van der Waals surface area contributed by atoms with Gasteiger partial charge in [0.2, 0.25) is 0 Å². The first-order valence-electron chi connectivity index (χ1n) is 5.84. The Bertz CT molecular complexity index is 445. The zero-order valence-electron chi connectivity index (χ0n) is 9.52. The van der Waals surface area contributed by atoms with Crippen molar-refractivity contribution in [2.75, 3.05) is 5.75 Å². The van der Waals surface area contributed by atoms with Crippen LogP contribution in [0.25, 0.3) is 0 Å². The third-order valence-electron chi connectivity index (χ3n) is 3.16. The van der Waals surface area contributed by atoms with E-state index in [1.54, 1.807) is 12.1 Å². The molecular formula is C13H15ClO2S. The molecule has 0 N–H and O–H groups in total. The molecule has 0 aromatic heterocycles. The average Bonchev–Trinajstić information content (AvgIpc) is 2.72. The highest BCUT2D eigenvalue weighted by Crippen LogP contribution is 2.26. The Hall–Kier alpha value is -0.670. The molecule has 1 aliphatic carbocycles. The van der Waals surface area contributed by atoms with Crippen LogP contribution in [-0.4, -0.2) is 15.7 Å². The van der Waals surface area contributed by atoms with Gasteiger partial charge in [0.1, 0.15) is 5.78 Å². The summed E-state index contributed by atoms with van der Waals surface area (Å²) in [5.74, 6) is 0.989. The third kappa shape index (κ3) is 3.17. The minimum Gasteiger partial charge on any atom is -0.299 e. The van der Waals surface area contributed by atoms with Gasteiger partial charge in [-0.05, 0) is 31.4 Å². The largest absolute Gasteiger partial charge is 0.299 e. The fourth-order valence-electron chi connectivity index (χ4n) is 2.18. The summed E-state index contributed by atoms with van der Waals surface area (Å²) in [6.45, 7) is 0. The van der Waals surface area contributed by atoms with Crippen LogP contribution in [0.1, 0.15) is 25.7 Å². The van der Waals surface area contributed by atoms with Gasteiger partial charge in [0, 0.05) is 18.1 Å². The Morgan fingerprint density at radius 2 is 2.12 bits per heavy atom. The number of ketones is 1. The predicted octanol–water partition coefficient (Wildman–Crippen LogP) is 3.21. The van der Waals surface area contributed by atoms with Crippen molar-refractivity contribution in [2.24, 2.45) is 5.92 Å². The molecule has 0 amide bonds. The Morgan fingerprint density at radius 1 is 1.35 bits per heavy atom. The molecule has 0 radical (unpaired) electrons. The fourth-order valence-corrected chi connectivity index (χ4v) is 3.81. The van der Waals surface area contributed by atoms with Crippen molar-refractivity contribution < 1.29 is 9.00 Å². The van der Waals surface area contributed by atoms with E-state index >= 15 is 0 Å². The second kappa shape index (κ2) is 5.78. The number of rotatable bonds is 4. The van der Waals surface area contributed by atoms with Gasteiger partial charge in [0.15, 0.2) is 0 Å². The minimum atomic E-state index is -1.09. The Kier molecular flexibility index (Phi) is 4.35. The lowest BCUT2D eigenvalue weighted by Crippen LogP contribution is -2.11. The van der Waals surface area contributed by atoms with E-state index in [-0.39, 0.29) is 5.92 Å². The summed E-state index contributed by atoms with van der Waals surface area (Å²) >= 11 is 5.98. The highest BCUT2D eigenvalue weighted by molar-refractivity contribution is 7.85. The van der Waals surface area contributed by atoms with E-state index in [0.29, 0.717) is 27.9 Å². The van der Waals surface area contributed by atoms with Crippen LogP contribution in [0.3, 0.4) is 0 Å². The van der Waals surface area contributed by atoms with Crippen molar-refractivity contribution >= 4 is 28.2 Å². The summed E-state index contributed by atoms with van der Waals surface area (Å²) < 4.78 is 12.0. The van der Waals surface area contributed by atoms with E-state index in [9.17, 15) is 9.00 Å². The molecule has 0 heterocycles. The number of hydrogen-bond donors (Lipinski definition) is 0. The molecule has 1 aromatic rings. The van der Waals surface area contributed by atoms with Gasteiger partial charge in [-0.2, -0.15) is 0 Å². The van der Waals surface area contributed by atoms with Gasteiger partial charge in [0.05, 0.1) is 20.7 Å². The first-order chi connectivity index (χ1) is 8.18. The van der Waals surface area contributed by atoms with Gasteiger partial charge in [-0.25, -0.2) is 0 Å². The lowest BCUT2D eigenvalue weighted by atomic mass is 10.1. The topological polar surface area (TPSA) is 34.1 Å². The summed E-state index contributed by atoms with van der Waals surface area (Å²) in [6, 6.07) is 7.19. The lowest BCUT2D eigenvalue weighted by molar-refractivity contribution is -0.120. The second-order valence-corrected chi connectivity index (χ2v) is 6.27. The average molecular weight is 271 g/mol. The van der Waals surface area contributed by atoms with Gasteiger partial charge in [-0.15, -0.1) is 0 Å². The number of Topliss-reactive ketones (excluding diaryl/α,β-unsaturated/α-hetero) is 1. The molecule has 92 valence electrons. The number of carbonyl (C=O) groups is 1. The summed E-state index contributed by atoms with van der Waals surface area (Å²) in [5.41, 5.74) is 0. The monoisotopic (exact) mass is 270 g/mol. The van der Waals surface area contributed by atoms with E-state index in [2.05, 4.69) is 0 Å². The van der Waals surface area contributed by atoms with Crippen LogP contribution in [0.2, 0.25) is 5.02 Å². The van der Waals surface area contributed by atoms with Crippen LogP contribution in [0.15, 0.2) is 29.2 Å². The number of carbonyl (C=O) groups excluding carboxylic acids is 1. The molecule has 2 nitrogen and oxygen atoms in total. The fraction of sp³-hybridized carbons (Fsp3) is 0.462. The molecule has 0 spiro atoms.